The van der Waals surface area contributed by atoms with Gasteiger partial charge in [0.05, 0.1) is 13.2 Å². The molecule has 10 nitrogen and oxygen atoms in total. The summed E-state index contributed by atoms with van der Waals surface area (Å²) in [5.41, 5.74) is 2.65. The zero-order valence-corrected chi connectivity index (χ0v) is 19.6. The molecule has 0 unspecified atom stereocenters. The number of aromatic amines is 1. The van der Waals surface area contributed by atoms with Gasteiger partial charge in [-0.15, -0.1) is 0 Å². The highest BCUT2D eigenvalue weighted by Crippen LogP contribution is 2.27. The van der Waals surface area contributed by atoms with E-state index in [1.807, 2.05) is 17.9 Å². The van der Waals surface area contributed by atoms with E-state index in [0.717, 1.165) is 5.56 Å². The molecule has 0 atom stereocenters. The van der Waals surface area contributed by atoms with E-state index in [4.69, 9.17) is 9.47 Å². The Hall–Kier alpha value is -4.23. The number of aryl methyl sites for hydroxylation is 2. The van der Waals surface area contributed by atoms with Crippen LogP contribution in [0.3, 0.4) is 0 Å². The summed E-state index contributed by atoms with van der Waals surface area (Å²) in [5.74, 6) is 1.05. The number of nitrogens with one attached hydrogen (secondary N) is 2. The fourth-order valence-corrected chi connectivity index (χ4v) is 3.77. The van der Waals surface area contributed by atoms with Crippen molar-refractivity contribution in [3.8, 4) is 17.7 Å². The third-order valence-corrected chi connectivity index (χ3v) is 5.70. The number of rotatable bonds is 7. The summed E-state index contributed by atoms with van der Waals surface area (Å²) < 4.78 is 11.1. The molecule has 180 valence electrons. The number of hydrogen-bond donors (Lipinski definition) is 2. The number of H-pyrrole nitrogens is 1. The first-order valence-corrected chi connectivity index (χ1v) is 11.3. The fraction of sp³-hybridized carbons (Fsp3) is 0.320. The molecule has 0 aliphatic carbocycles. The Morgan fingerprint density at radius 2 is 2.09 bits per heavy atom. The summed E-state index contributed by atoms with van der Waals surface area (Å²) >= 11 is 0. The van der Waals surface area contributed by atoms with Crippen molar-refractivity contribution in [3.63, 3.8) is 0 Å². The molecule has 10 heteroatoms. The van der Waals surface area contributed by atoms with Crippen LogP contribution in [0.4, 0.5) is 11.6 Å². The third kappa shape index (κ3) is 5.83. The third-order valence-electron chi connectivity index (χ3n) is 5.70. The maximum absolute atomic E-state index is 12.6. The number of anilines is 2. The minimum absolute atomic E-state index is 0.139. The fourth-order valence-electron chi connectivity index (χ4n) is 3.77. The first-order valence-electron chi connectivity index (χ1n) is 11.3. The molecule has 0 radical (unpaired) electrons. The number of amides is 1. The first-order chi connectivity index (χ1) is 16.9. The molecule has 1 fully saturated rings. The lowest BCUT2D eigenvalue weighted by molar-refractivity contribution is -0.116. The quantitative estimate of drug-likeness (QED) is 0.534. The highest BCUT2D eigenvalue weighted by atomic mass is 16.5. The van der Waals surface area contributed by atoms with Crippen molar-refractivity contribution in [1.29, 1.82) is 5.26 Å². The van der Waals surface area contributed by atoms with Gasteiger partial charge in [0.1, 0.15) is 17.4 Å². The first kappa shape index (κ1) is 23.9. The molecule has 35 heavy (non-hydrogen) atoms. The zero-order chi connectivity index (χ0) is 24.8. The van der Waals surface area contributed by atoms with Gasteiger partial charge in [-0.05, 0) is 56.2 Å². The van der Waals surface area contributed by atoms with Crippen LogP contribution in [0.5, 0.6) is 11.6 Å². The number of nitriles is 1. The Morgan fingerprint density at radius 1 is 1.29 bits per heavy atom. The Morgan fingerprint density at radius 3 is 2.80 bits per heavy atom. The summed E-state index contributed by atoms with van der Waals surface area (Å²) in [6, 6.07) is 10.5. The van der Waals surface area contributed by atoms with Gasteiger partial charge in [-0.25, -0.2) is 9.97 Å². The smallest absolute Gasteiger partial charge is 0.255 e. The number of hydrogen-bond acceptors (Lipinski definition) is 8. The van der Waals surface area contributed by atoms with Crippen molar-refractivity contribution in [3.05, 3.63) is 69.3 Å². The largest absolute Gasteiger partial charge is 0.438 e. The van der Waals surface area contributed by atoms with Crippen molar-refractivity contribution in [2.75, 3.05) is 36.5 Å². The van der Waals surface area contributed by atoms with Gasteiger partial charge in [-0.3, -0.25) is 14.6 Å². The predicted molar refractivity (Wildman–Crippen MR) is 130 cm³/mol. The topological polar surface area (TPSA) is 133 Å². The number of ether oxygens (including phenoxy) is 2. The molecule has 0 spiro atoms. The molecule has 4 rings (SSSR count). The summed E-state index contributed by atoms with van der Waals surface area (Å²) in [5, 5.41) is 12.1. The van der Waals surface area contributed by atoms with Crippen LogP contribution in [-0.2, 0) is 16.0 Å². The lowest BCUT2D eigenvalue weighted by Gasteiger charge is -2.27. The molecule has 1 amide bonds. The molecule has 2 N–H and O–H groups in total. The highest BCUT2D eigenvalue weighted by Gasteiger charge is 2.17. The summed E-state index contributed by atoms with van der Waals surface area (Å²) in [6.45, 7) is 6.18. The van der Waals surface area contributed by atoms with Gasteiger partial charge < -0.3 is 19.7 Å². The van der Waals surface area contributed by atoms with Crippen LogP contribution in [0.1, 0.15) is 28.8 Å². The van der Waals surface area contributed by atoms with Gasteiger partial charge in [-0.2, -0.15) is 5.26 Å². The van der Waals surface area contributed by atoms with Crippen LogP contribution in [-0.4, -0.2) is 47.2 Å². The van der Waals surface area contributed by atoms with Crippen molar-refractivity contribution in [1.82, 2.24) is 15.0 Å². The minimum atomic E-state index is -0.226. The van der Waals surface area contributed by atoms with Gasteiger partial charge in [0.25, 0.3) is 5.56 Å². The van der Waals surface area contributed by atoms with Gasteiger partial charge in [0.2, 0.25) is 17.7 Å². The highest BCUT2D eigenvalue weighted by molar-refractivity contribution is 5.91. The molecule has 1 saturated heterocycles. The number of carbonyl (C=O) groups is 1. The van der Waals surface area contributed by atoms with Gasteiger partial charge in [0, 0.05) is 42.7 Å². The Labute approximate surface area is 202 Å². The Balaban J connectivity index is 1.37. The van der Waals surface area contributed by atoms with Crippen molar-refractivity contribution in [2.45, 2.75) is 26.7 Å². The number of nitrogens with zero attached hydrogens (tertiary/aromatic N) is 4. The molecule has 3 heterocycles. The van der Waals surface area contributed by atoms with E-state index in [9.17, 15) is 14.9 Å². The van der Waals surface area contributed by atoms with Crippen LogP contribution in [0.2, 0.25) is 0 Å². The molecular weight excluding hydrogens is 448 g/mol. The van der Waals surface area contributed by atoms with Crippen molar-refractivity contribution in [2.24, 2.45) is 0 Å². The summed E-state index contributed by atoms with van der Waals surface area (Å²) in [7, 11) is 0. The summed E-state index contributed by atoms with van der Waals surface area (Å²) in [4.78, 5) is 38.7. The van der Waals surface area contributed by atoms with E-state index < -0.39 is 0 Å². The minimum Gasteiger partial charge on any atom is -0.438 e. The lowest BCUT2D eigenvalue weighted by Crippen LogP contribution is -2.38. The average molecular weight is 475 g/mol. The molecule has 0 bridgehead atoms. The van der Waals surface area contributed by atoms with Gasteiger partial charge in [0.15, 0.2) is 0 Å². The average Bonchev–Trinajstić information content (AvgIpc) is 2.86. The second-order valence-electron chi connectivity index (χ2n) is 8.15. The lowest BCUT2D eigenvalue weighted by atomic mass is 10.1. The standard InChI is InChI=1S/C25H26N6O4/c1-16-14-19(35-24-18(15-26)4-3-9-27-24)5-7-21(16)29-22(32)8-6-20-17(2)28-25(30-23(20)33)31-10-12-34-13-11-31/h3-5,7,9,14H,6,8,10-13H2,1-2H3,(H,29,32)(H,28,30,33). The summed E-state index contributed by atoms with van der Waals surface area (Å²) in [6.07, 6.45) is 1.97. The normalized spacial score (nSPS) is 13.2. The second-order valence-corrected chi connectivity index (χ2v) is 8.15. The molecule has 2 aromatic heterocycles. The maximum atomic E-state index is 12.6. The van der Waals surface area contributed by atoms with Crippen LogP contribution < -0.4 is 20.5 Å². The van der Waals surface area contributed by atoms with Crippen LogP contribution >= 0.6 is 0 Å². The van der Waals surface area contributed by atoms with Crippen molar-refractivity contribution < 1.29 is 14.3 Å². The van der Waals surface area contributed by atoms with E-state index in [-0.39, 0.29) is 30.2 Å². The van der Waals surface area contributed by atoms with Crippen molar-refractivity contribution >= 4 is 17.5 Å². The van der Waals surface area contributed by atoms with E-state index in [1.54, 1.807) is 43.5 Å². The molecule has 3 aromatic rings. The molecular formula is C25H26N6O4. The number of morpholine rings is 1. The molecule has 1 aromatic carbocycles. The van der Waals surface area contributed by atoms with Gasteiger partial charge in [-0.1, -0.05) is 0 Å². The molecule has 1 aliphatic rings. The van der Waals surface area contributed by atoms with E-state index in [2.05, 4.69) is 20.3 Å². The van der Waals surface area contributed by atoms with E-state index >= 15 is 0 Å². The zero-order valence-electron chi connectivity index (χ0n) is 19.6. The van der Waals surface area contributed by atoms with Gasteiger partial charge >= 0.3 is 0 Å². The van der Waals surface area contributed by atoms with Crippen LogP contribution in [0.25, 0.3) is 0 Å². The molecule has 1 aliphatic heterocycles. The number of pyridine rings is 1. The SMILES string of the molecule is Cc1cc(Oc2ncccc2C#N)ccc1NC(=O)CCc1c(C)nc(N2CCOCC2)[nH]c1=O. The van der Waals surface area contributed by atoms with Crippen LogP contribution in [0.15, 0.2) is 41.3 Å². The number of carbonyl (C=O) groups excluding carboxylic acids is 1. The Kier molecular flexibility index (Phi) is 7.38. The number of aromatic nitrogens is 3. The van der Waals surface area contributed by atoms with Crippen LogP contribution in [0, 0.1) is 25.2 Å². The molecule has 0 saturated carbocycles. The number of benzene rings is 1. The second kappa shape index (κ2) is 10.8. The predicted octanol–water partition coefficient (Wildman–Crippen LogP) is 2.85. The van der Waals surface area contributed by atoms with E-state index in [0.29, 0.717) is 60.5 Å². The Bertz CT molecular complexity index is 1320. The van der Waals surface area contributed by atoms with E-state index in [1.165, 1.54) is 0 Å². The monoisotopic (exact) mass is 474 g/mol. The maximum Gasteiger partial charge on any atom is 0.255 e.